The zero-order valence-corrected chi connectivity index (χ0v) is 15.8. The van der Waals surface area contributed by atoms with Crippen LogP contribution in [0, 0.1) is 0 Å². The van der Waals surface area contributed by atoms with E-state index >= 15 is 0 Å². The molecule has 0 spiro atoms. The zero-order valence-electron chi connectivity index (χ0n) is 12.7. The average Bonchev–Trinajstić information content (AvgIpc) is 3.06. The van der Waals surface area contributed by atoms with Crippen molar-refractivity contribution in [2.75, 3.05) is 0 Å². The van der Waals surface area contributed by atoms with Crippen molar-refractivity contribution in [3.05, 3.63) is 80.4 Å². The molecule has 0 fully saturated rings. The van der Waals surface area contributed by atoms with Crippen LogP contribution in [0.2, 0.25) is 10.0 Å². The molecule has 1 aromatic heterocycles. The molecule has 126 valence electrons. The maximum Gasteiger partial charge on any atom is 0.272 e. The Hall–Kier alpha value is -2.08. The summed E-state index contributed by atoms with van der Waals surface area (Å²) in [5.41, 5.74) is 3.63. The van der Waals surface area contributed by atoms with Crippen LogP contribution in [-0.2, 0) is 0 Å². The van der Waals surface area contributed by atoms with Crippen LogP contribution < -0.4 is 5.43 Å². The summed E-state index contributed by atoms with van der Waals surface area (Å²) in [4.78, 5) is 12.0. The maximum atomic E-state index is 12.0. The van der Waals surface area contributed by atoms with Gasteiger partial charge in [0, 0.05) is 10.0 Å². The van der Waals surface area contributed by atoms with Crippen LogP contribution >= 0.6 is 39.1 Å². The SMILES string of the molecule is O=C(N/N=C\c1ccc(-c2cccc(Cl)c2Cl)o1)c1ccccc1Br. The Balaban J connectivity index is 1.71. The van der Waals surface area contributed by atoms with Crippen LogP contribution in [0.3, 0.4) is 0 Å². The molecule has 0 saturated carbocycles. The number of benzene rings is 2. The first-order valence-electron chi connectivity index (χ1n) is 7.18. The van der Waals surface area contributed by atoms with E-state index in [0.717, 1.165) is 0 Å². The van der Waals surface area contributed by atoms with Crippen molar-refractivity contribution < 1.29 is 9.21 Å². The summed E-state index contributed by atoms with van der Waals surface area (Å²) in [5.74, 6) is 0.706. The molecular weight excluding hydrogens is 427 g/mol. The topological polar surface area (TPSA) is 54.6 Å². The van der Waals surface area contributed by atoms with Crippen LogP contribution in [0.5, 0.6) is 0 Å². The number of hydrogen-bond donors (Lipinski definition) is 1. The second-order valence-corrected chi connectivity index (χ2v) is 6.62. The summed E-state index contributed by atoms with van der Waals surface area (Å²) in [5, 5.41) is 4.78. The van der Waals surface area contributed by atoms with Gasteiger partial charge in [-0.15, -0.1) is 0 Å². The van der Waals surface area contributed by atoms with Gasteiger partial charge in [0.15, 0.2) is 0 Å². The van der Waals surface area contributed by atoms with Crippen molar-refractivity contribution in [2.24, 2.45) is 5.10 Å². The molecule has 25 heavy (non-hydrogen) atoms. The number of carbonyl (C=O) groups is 1. The minimum atomic E-state index is -0.326. The molecule has 0 aliphatic heterocycles. The van der Waals surface area contributed by atoms with Crippen LogP contribution in [0.25, 0.3) is 11.3 Å². The van der Waals surface area contributed by atoms with E-state index in [9.17, 15) is 4.79 Å². The molecule has 1 N–H and O–H groups in total. The molecule has 0 saturated heterocycles. The van der Waals surface area contributed by atoms with Gasteiger partial charge < -0.3 is 4.42 Å². The summed E-state index contributed by atoms with van der Waals surface area (Å²) in [6.07, 6.45) is 1.41. The number of halogens is 3. The third-order valence-electron chi connectivity index (χ3n) is 3.32. The number of rotatable bonds is 4. The van der Waals surface area contributed by atoms with E-state index in [0.29, 0.717) is 37.2 Å². The van der Waals surface area contributed by atoms with Gasteiger partial charge in [-0.2, -0.15) is 5.10 Å². The normalized spacial score (nSPS) is 11.0. The van der Waals surface area contributed by atoms with Crippen LogP contribution in [0.15, 0.2) is 68.6 Å². The molecule has 0 radical (unpaired) electrons. The average molecular weight is 438 g/mol. The molecule has 1 heterocycles. The fourth-order valence-corrected chi connectivity index (χ4v) is 2.98. The lowest BCUT2D eigenvalue weighted by molar-refractivity contribution is 0.0954. The third-order valence-corrected chi connectivity index (χ3v) is 4.83. The Bertz CT molecular complexity index is 954. The van der Waals surface area contributed by atoms with E-state index < -0.39 is 0 Å². The first-order valence-corrected chi connectivity index (χ1v) is 8.73. The highest BCUT2D eigenvalue weighted by molar-refractivity contribution is 9.10. The summed E-state index contributed by atoms with van der Waals surface area (Å²) >= 11 is 15.5. The Labute approximate surface area is 162 Å². The summed E-state index contributed by atoms with van der Waals surface area (Å²) in [6, 6.07) is 15.9. The lowest BCUT2D eigenvalue weighted by Gasteiger charge is -2.02. The van der Waals surface area contributed by atoms with Gasteiger partial charge in [0.05, 0.1) is 21.8 Å². The molecule has 7 heteroatoms. The highest BCUT2D eigenvalue weighted by atomic mass is 79.9. The number of carbonyl (C=O) groups excluding carboxylic acids is 1. The van der Waals surface area contributed by atoms with Gasteiger partial charge in [0.1, 0.15) is 11.5 Å². The Morgan fingerprint density at radius 1 is 1.08 bits per heavy atom. The maximum absolute atomic E-state index is 12.0. The fraction of sp³-hybridized carbons (Fsp3) is 0. The van der Waals surface area contributed by atoms with E-state index in [1.807, 2.05) is 12.1 Å². The summed E-state index contributed by atoms with van der Waals surface area (Å²) in [6.45, 7) is 0. The Kier molecular flexibility index (Phi) is 5.58. The molecular formula is C18H11BrCl2N2O2. The predicted molar refractivity (Wildman–Crippen MR) is 103 cm³/mol. The second kappa shape index (κ2) is 7.87. The van der Waals surface area contributed by atoms with E-state index in [1.54, 1.807) is 42.5 Å². The largest absolute Gasteiger partial charge is 0.455 e. The smallest absolute Gasteiger partial charge is 0.272 e. The highest BCUT2D eigenvalue weighted by Crippen LogP contribution is 2.34. The number of hydrazone groups is 1. The Morgan fingerprint density at radius 3 is 2.68 bits per heavy atom. The fourth-order valence-electron chi connectivity index (χ4n) is 2.12. The molecule has 3 aromatic rings. The second-order valence-electron chi connectivity index (χ2n) is 4.98. The zero-order chi connectivity index (χ0) is 17.8. The van der Waals surface area contributed by atoms with Crippen molar-refractivity contribution >= 4 is 51.3 Å². The van der Waals surface area contributed by atoms with E-state index in [2.05, 4.69) is 26.5 Å². The predicted octanol–water partition coefficient (Wildman–Crippen LogP) is 5.78. The number of amides is 1. The van der Waals surface area contributed by atoms with Gasteiger partial charge in [0.25, 0.3) is 5.91 Å². The molecule has 0 unspecified atom stereocenters. The lowest BCUT2D eigenvalue weighted by atomic mass is 10.2. The highest BCUT2D eigenvalue weighted by Gasteiger charge is 2.11. The quantitative estimate of drug-likeness (QED) is 0.415. The van der Waals surface area contributed by atoms with Crippen molar-refractivity contribution in [2.45, 2.75) is 0 Å². The van der Waals surface area contributed by atoms with E-state index in [-0.39, 0.29) is 5.91 Å². The lowest BCUT2D eigenvalue weighted by Crippen LogP contribution is -2.17. The molecule has 1 amide bonds. The van der Waals surface area contributed by atoms with Crippen LogP contribution in [-0.4, -0.2) is 12.1 Å². The third kappa shape index (κ3) is 4.12. The standard InChI is InChI=1S/C18H11BrCl2N2O2/c19-14-6-2-1-4-12(14)18(24)23-22-10-11-8-9-16(25-11)13-5-3-7-15(20)17(13)21/h1-10H,(H,23,24)/b22-10-. The van der Waals surface area contributed by atoms with Gasteiger partial charge in [0.2, 0.25) is 0 Å². The van der Waals surface area contributed by atoms with Gasteiger partial charge in [-0.25, -0.2) is 5.43 Å². The monoisotopic (exact) mass is 436 g/mol. The molecule has 0 atom stereocenters. The van der Waals surface area contributed by atoms with Crippen molar-refractivity contribution in [1.29, 1.82) is 0 Å². The number of hydrogen-bond acceptors (Lipinski definition) is 3. The van der Waals surface area contributed by atoms with Crippen molar-refractivity contribution in [1.82, 2.24) is 5.43 Å². The van der Waals surface area contributed by atoms with Gasteiger partial charge in [-0.05, 0) is 52.3 Å². The first kappa shape index (κ1) is 17.7. The summed E-state index contributed by atoms with van der Waals surface area (Å²) < 4.78 is 6.36. The number of furan rings is 1. The van der Waals surface area contributed by atoms with Crippen molar-refractivity contribution in [3.8, 4) is 11.3 Å². The molecule has 0 aliphatic carbocycles. The summed E-state index contributed by atoms with van der Waals surface area (Å²) in [7, 11) is 0. The number of nitrogens with zero attached hydrogens (tertiary/aromatic N) is 1. The van der Waals surface area contributed by atoms with Gasteiger partial charge >= 0.3 is 0 Å². The van der Waals surface area contributed by atoms with Crippen LogP contribution in [0.4, 0.5) is 0 Å². The van der Waals surface area contributed by atoms with Crippen molar-refractivity contribution in [3.63, 3.8) is 0 Å². The number of nitrogens with one attached hydrogen (secondary N) is 1. The van der Waals surface area contributed by atoms with Crippen LogP contribution in [0.1, 0.15) is 16.1 Å². The molecule has 0 aliphatic rings. The minimum Gasteiger partial charge on any atom is -0.455 e. The molecule has 0 bridgehead atoms. The molecule has 2 aromatic carbocycles. The minimum absolute atomic E-state index is 0.326. The Morgan fingerprint density at radius 2 is 1.88 bits per heavy atom. The molecule has 3 rings (SSSR count). The van der Waals surface area contributed by atoms with E-state index in [1.165, 1.54) is 6.21 Å². The van der Waals surface area contributed by atoms with Gasteiger partial charge in [-0.1, -0.05) is 41.4 Å². The van der Waals surface area contributed by atoms with Gasteiger partial charge in [-0.3, -0.25) is 4.79 Å². The van der Waals surface area contributed by atoms with E-state index in [4.69, 9.17) is 27.6 Å². The molecule has 4 nitrogen and oxygen atoms in total. The first-order chi connectivity index (χ1) is 12.1.